The third-order valence-corrected chi connectivity index (χ3v) is 3.85. The van der Waals surface area contributed by atoms with Gasteiger partial charge in [-0.2, -0.15) is 0 Å². The zero-order valence-corrected chi connectivity index (χ0v) is 15.7. The Bertz CT molecular complexity index is 702. The number of thiocarbonyl (C=S) groups is 1. The predicted molar refractivity (Wildman–Crippen MR) is 101 cm³/mol. The van der Waals surface area contributed by atoms with E-state index < -0.39 is 15.9 Å². The summed E-state index contributed by atoms with van der Waals surface area (Å²) in [6, 6.07) is 9.88. The lowest BCUT2D eigenvalue weighted by Gasteiger charge is -2.27. The lowest BCUT2D eigenvalue weighted by Crippen LogP contribution is -2.56. The number of halogens is 4. The summed E-state index contributed by atoms with van der Waals surface area (Å²) in [6.07, 6.45) is 0.270. The van der Waals surface area contributed by atoms with Gasteiger partial charge >= 0.3 is 0 Å². The van der Waals surface area contributed by atoms with Crippen LogP contribution in [0.5, 0.6) is 0 Å². The van der Waals surface area contributed by atoms with Crippen LogP contribution < -0.4 is 16.0 Å². The highest BCUT2D eigenvalue weighted by Crippen LogP contribution is 2.29. The van der Waals surface area contributed by atoms with Crippen LogP contribution in [0.25, 0.3) is 0 Å². The molecule has 2 rings (SSSR count). The zero-order valence-electron chi connectivity index (χ0n) is 11.9. The monoisotopic (exact) mass is 425 g/mol. The first-order valence-corrected chi connectivity index (χ1v) is 8.42. The molecule has 1 amide bonds. The quantitative estimate of drug-likeness (QED) is 0.385. The van der Waals surface area contributed by atoms with Crippen molar-refractivity contribution in [2.45, 2.75) is 9.96 Å². The molecule has 0 unspecified atom stereocenters. The Kier molecular flexibility index (Phi) is 6.60. The average molecular weight is 427 g/mol. The summed E-state index contributed by atoms with van der Waals surface area (Å²) >= 11 is 28.6. The zero-order chi connectivity index (χ0) is 17.7. The molecular weight excluding hydrogens is 416 g/mol. The van der Waals surface area contributed by atoms with Crippen LogP contribution in [0.4, 0.5) is 5.69 Å². The van der Waals surface area contributed by atoms with Gasteiger partial charge in [0.05, 0.1) is 6.26 Å². The molecule has 10 heteroatoms. The van der Waals surface area contributed by atoms with Crippen molar-refractivity contribution in [2.75, 3.05) is 5.32 Å². The van der Waals surface area contributed by atoms with Crippen molar-refractivity contribution in [2.24, 2.45) is 0 Å². The Morgan fingerprint density at radius 3 is 2.33 bits per heavy atom. The van der Waals surface area contributed by atoms with Crippen molar-refractivity contribution in [3.8, 4) is 0 Å². The second kappa shape index (κ2) is 8.27. The smallest absolute Gasteiger partial charge is 0.288 e. The lowest BCUT2D eigenvalue weighted by molar-refractivity contribution is 0.0906. The number of alkyl halides is 3. The van der Waals surface area contributed by atoms with E-state index in [1.807, 2.05) is 0 Å². The fourth-order valence-corrected chi connectivity index (χ4v) is 2.33. The molecule has 0 fully saturated rings. The van der Waals surface area contributed by atoms with E-state index in [-0.39, 0.29) is 10.9 Å². The third kappa shape index (κ3) is 5.72. The van der Waals surface area contributed by atoms with Gasteiger partial charge in [0.2, 0.25) is 3.79 Å². The fourth-order valence-electron chi connectivity index (χ4n) is 1.64. The number of anilines is 1. The second-order valence-electron chi connectivity index (χ2n) is 4.53. The lowest BCUT2D eigenvalue weighted by atomic mass is 10.3. The molecule has 1 aromatic heterocycles. The Hall–Kier alpha value is -1.18. The number of carbonyl (C=O) groups excluding carboxylic acids is 1. The molecule has 0 aliphatic carbocycles. The summed E-state index contributed by atoms with van der Waals surface area (Å²) in [7, 11) is 0. The molecule has 24 heavy (non-hydrogen) atoms. The summed E-state index contributed by atoms with van der Waals surface area (Å²) in [5, 5.41) is 8.85. The standard InChI is InChI=1S/C14H11Cl4N3O2S/c15-8-3-5-9(6-4-8)19-13(24)21-12(14(16,17)18)20-11(22)10-2-1-7-23-10/h1-7,12H,(H,20,22)(H2,19,21,24)/t12-/m0/s1. The molecule has 1 atom stereocenters. The topological polar surface area (TPSA) is 66.3 Å². The highest BCUT2D eigenvalue weighted by Gasteiger charge is 2.35. The van der Waals surface area contributed by atoms with Gasteiger partial charge in [-0.25, -0.2) is 0 Å². The Morgan fingerprint density at radius 2 is 1.79 bits per heavy atom. The molecule has 3 N–H and O–H groups in total. The van der Waals surface area contributed by atoms with Gasteiger partial charge in [-0.3, -0.25) is 4.79 Å². The first-order valence-electron chi connectivity index (χ1n) is 6.50. The molecule has 128 valence electrons. The molecule has 0 spiro atoms. The van der Waals surface area contributed by atoms with Crippen molar-refractivity contribution in [1.29, 1.82) is 0 Å². The normalized spacial score (nSPS) is 12.3. The molecule has 0 aliphatic heterocycles. The number of hydrogen-bond donors (Lipinski definition) is 3. The first kappa shape index (κ1) is 19.1. The molecule has 0 saturated carbocycles. The van der Waals surface area contributed by atoms with Crippen LogP contribution in [-0.2, 0) is 0 Å². The van der Waals surface area contributed by atoms with Gasteiger partial charge in [0, 0.05) is 10.7 Å². The predicted octanol–water partition coefficient (Wildman–Crippen LogP) is 4.35. The van der Waals surface area contributed by atoms with E-state index in [9.17, 15) is 4.79 Å². The van der Waals surface area contributed by atoms with Gasteiger partial charge in [0.25, 0.3) is 5.91 Å². The van der Waals surface area contributed by atoms with E-state index in [1.165, 1.54) is 12.3 Å². The molecule has 0 aliphatic rings. The van der Waals surface area contributed by atoms with Crippen LogP contribution in [0.3, 0.4) is 0 Å². The SMILES string of the molecule is O=C(N[C@@H](NC(=S)Nc1ccc(Cl)cc1)C(Cl)(Cl)Cl)c1ccco1. The Morgan fingerprint density at radius 1 is 1.12 bits per heavy atom. The van der Waals surface area contributed by atoms with Crippen molar-refractivity contribution < 1.29 is 9.21 Å². The second-order valence-corrected chi connectivity index (χ2v) is 7.74. The summed E-state index contributed by atoms with van der Waals surface area (Å²) < 4.78 is 3.14. The summed E-state index contributed by atoms with van der Waals surface area (Å²) in [5.41, 5.74) is 0.678. The minimum absolute atomic E-state index is 0.0765. The molecular formula is C14H11Cl4N3O2S. The first-order chi connectivity index (χ1) is 11.3. The van der Waals surface area contributed by atoms with Crippen LogP contribution in [0, 0.1) is 0 Å². The average Bonchev–Trinajstić information content (AvgIpc) is 3.02. The minimum atomic E-state index is -1.85. The summed E-state index contributed by atoms with van der Waals surface area (Å²) in [5.74, 6) is -0.481. The maximum absolute atomic E-state index is 12.0. The number of hydrogen-bond acceptors (Lipinski definition) is 3. The van der Waals surface area contributed by atoms with Crippen molar-refractivity contribution >= 4 is 75.3 Å². The van der Waals surface area contributed by atoms with Gasteiger partial charge in [0.15, 0.2) is 10.9 Å². The minimum Gasteiger partial charge on any atom is -0.459 e. The van der Waals surface area contributed by atoms with Crippen LogP contribution in [0.1, 0.15) is 10.6 Å². The Labute approximate surface area is 163 Å². The van der Waals surface area contributed by atoms with Crippen LogP contribution >= 0.6 is 58.6 Å². The number of furan rings is 1. The maximum atomic E-state index is 12.0. The van der Waals surface area contributed by atoms with Crippen LogP contribution in [0.2, 0.25) is 5.02 Å². The van der Waals surface area contributed by atoms with Crippen LogP contribution in [-0.4, -0.2) is 21.0 Å². The molecule has 2 aromatic rings. The highest BCUT2D eigenvalue weighted by molar-refractivity contribution is 7.80. The Balaban J connectivity index is 2.01. The van der Waals surface area contributed by atoms with E-state index in [2.05, 4.69) is 16.0 Å². The number of benzene rings is 1. The van der Waals surface area contributed by atoms with E-state index in [1.54, 1.807) is 30.3 Å². The van der Waals surface area contributed by atoms with Gasteiger partial charge in [0.1, 0.15) is 6.17 Å². The largest absolute Gasteiger partial charge is 0.459 e. The van der Waals surface area contributed by atoms with E-state index >= 15 is 0 Å². The fraction of sp³-hybridized carbons (Fsp3) is 0.143. The highest BCUT2D eigenvalue weighted by atomic mass is 35.6. The van der Waals surface area contributed by atoms with Gasteiger partial charge < -0.3 is 20.4 Å². The van der Waals surface area contributed by atoms with E-state index in [0.717, 1.165) is 0 Å². The van der Waals surface area contributed by atoms with E-state index in [0.29, 0.717) is 10.7 Å². The molecule has 0 bridgehead atoms. The number of rotatable bonds is 4. The van der Waals surface area contributed by atoms with Crippen molar-refractivity contribution in [1.82, 2.24) is 10.6 Å². The molecule has 0 saturated heterocycles. The summed E-state index contributed by atoms with van der Waals surface area (Å²) in [6.45, 7) is 0. The van der Waals surface area contributed by atoms with Gasteiger partial charge in [-0.1, -0.05) is 46.4 Å². The molecule has 1 heterocycles. The molecule has 0 radical (unpaired) electrons. The van der Waals surface area contributed by atoms with Crippen molar-refractivity contribution in [3.05, 3.63) is 53.4 Å². The maximum Gasteiger partial charge on any atom is 0.288 e. The van der Waals surface area contributed by atoms with Gasteiger partial charge in [-0.05, 0) is 48.6 Å². The van der Waals surface area contributed by atoms with Crippen LogP contribution in [0.15, 0.2) is 47.1 Å². The van der Waals surface area contributed by atoms with Gasteiger partial charge in [-0.15, -0.1) is 0 Å². The number of amides is 1. The van der Waals surface area contributed by atoms with E-state index in [4.69, 9.17) is 63.0 Å². The number of carbonyl (C=O) groups is 1. The number of nitrogens with one attached hydrogen (secondary N) is 3. The van der Waals surface area contributed by atoms with Crippen molar-refractivity contribution in [3.63, 3.8) is 0 Å². The third-order valence-electron chi connectivity index (χ3n) is 2.73. The summed E-state index contributed by atoms with van der Waals surface area (Å²) in [4.78, 5) is 12.0. The molecule has 1 aromatic carbocycles. The molecule has 5 nitrogen and oxygen atoms in total.